The Bertz CT molecular complexity index is 460. The SMILES string of the molecule is CCCN(Cc1ccc(CO)cc1)C1COCC1C(=O)O. The summed E-state index contributed by atoms with van der Waals surface area (Å²) < 4.78 is 5.38. The molecular formula is C16H23NO4. The molecule has 0 amide bonds. The molecule has 5 nitrogen and oxygen atoms in total. The summed E-state index contributed by atoms with van der Waals surface area (Å²) in [6.07, 6.45) is 0.970. The summed E-state index contributed by atoms with van der Waals surface area (Å²) in [6.45, 7) is 4.45. The van der Waals surface area contributed by atoms with Crippen molar-refractivity contribution in [2.24, 2.45) is 5.92 Å². The number of rotatable bonds is 7. The maximum absolute atomic E-state index is 11.3. The van der Waals surface area contributed by atoms with E-state index in [0.29, 0.717) is 19.8 Å². The number of hydrogen-bond acceptors (Lipinski definition) is 4. The van der Waals surface area contributed by atoms with Crippen molar-refractivity contribution < 1.29 is 19.7 Å². The van der Waals surface area contributed by atoms with E-state index in [0.717, 1.165) is 24.1 Å². The maximum atomic E-state index is 11.3. The lowest BCUT2D eigenvalue weighted by Gasteiger charge is -2.30. The molecule has 1 aromatic carbocycles. The number of benzene rings is 1. The minimum atomic E-state index is -0.783. The van der Waals surface area contributed by atoms with Crippen molar-refractivity contribution in [1.82, 2.24) is 4.90 Å². The highest BCUT2D eigenvalue weighted by Gasteiger charge is 2.37. The lowest BCUT2D eigenvalue weighted by molar-refractivity contribution is -0.143. The summed E-state index contributed by atoms with van der Waals surface area (Å²) in [5.74, 6) is -1.23. The second-order valence-corrected chi connectivity index (χ2v) is 5.49. The van der Waals surface area contributed by atoms with Gasteiger partial charge < -0.3 is 14.9 Å². The molecule has 5 heteroatoms. The van der Waals surface area contributed by atoms with Gasteiger partial charge in [-0.05, 0) is 24.1 Å². The predicted molar refractivity (Wildman–Crippen MR) is 78.8 cm³/mol. The molecule has 2 unspecified atom stereocenters. The quantitative estimate of drug-likeness (QED) is 0.797. The topological polar surface area (TPSA) is 70.0 Å². The number of nitrogens with zero attached hydrogens (tertiary/aromatic N) is 1. The van der Waals surface area contributed by atoms with Crippen molar-refractivity contribution in [1.29, 1.82) is 0 Å². The van der Waals surface area contributed by atoms with E-state index in [-0.39, 0.29) is 12.6 Å². The summed E-state index contributed by atoms with van der Waals surface area (Å²) in [7, 11) is 0. The number of aliphatic carboxylic acids is 1. The lowest BCUT2D eigenvalue weighted by atomic mass is 10.0. The van der Waals surface area contributed by atoms with Crippen molar-refractivity contribution in [3.63, 3.8) is 0 Å². The van der Waals surface area contributed by atoms with E-state index in [1.54, 1.807) is 0 Å². The number of hydrogen-bond donors (Lipinski definition) is 2. The molecule has 1 heterocycles. The Kier molecular flexibility index (Phi) is 5.73. The van der Waals surface area contributed by atoms with Crippen LogP contribution in [0.5, 0.6) is 0 Å². The third-order valence-corrected chi connectivity index (χ3v) is 3.94. The first-order chi connectivity index (χ1) is 10.2. The molecule has 1 saturated heterocycles. The van der Waals surface area contributed by atoms with Crippen LogP contribution in [-0.4, -0.2) is 46.9 Å². The van der Waals surface area contributed by atoms with Crippen LogP contribution in [0.2, 0.25) is 0 Å². The molecule has 2 rings (SSSR count). The molecular weight excluding hydrogens is 270 g/mol. The third-order valence-electron chi connectivity index (χ3n) is 3.94. The van der Waals surface area contributed by atoms with Gasteiger partial charge in [0.05, 0.1) is 25.7 Å². The number of ether oxygens (including phenoxy) is 1. The summed E-state index contributed by atoms with van der Waals surface area (Å²) in [5, 5.41) is 18.4. The van der Waals surface area contributed by atoms with Gasteiger partial charge in [0.15, 0.2) is 0 Å². The Morgan fingerprint density at radius 3 is 2.52 bits per heavy atom. The predicted octanol–water partition coefficient (Wildman–Crippen LogP) is 1.49. The highest BCUT2D eigenvalue weighted by atomic mass is 16.5. The molecule has 1 aliphatic rings. The fourth-order valence-corrected chi connectivity index (χ4v) is 2.77. The third kappa shape index (κ3) is 4.03. The standard InChI is InChI=1S/C16H23NO4/c1-2-7-17(15-11-21-10-14(15)16(19)20)8-12-3-5-13(9-18)6-4-12/h3-6,14-15,18H,2,7-11H2,1H3,(H,19,20). The largest absolute Gasteiger partial charge is 0.481 e. The smallest absolute Gasteiger partial charge is 0.310 e. The molecule has 1 fully saturated rings. The Balaban J connectivity index is 2.08. The normalized spacial score (nSPS) is 21.9. The van der Waals surface area contributed by atoms with Gasteiger partial charge in [-0.25, -0.2) is 0 Å². The van der Waals surface area contributed by atoms with Gasteiger partial charge in [0.25, 0.3) is 0 Å². The number of aliphatic hydroxyl groups is 1. The first-order valence-corrected chi connectivity index (χ1v) is 7.39. The molecule has 0 aromatic heterocycles. The Morgan fingerprint density at radius 1 is 1.29 bits per heavy atom. The summed E-state index contributed by atoms with van der Waals surface area (Å²) in [5.41, 5.74) is 2.00. The molecule has 0 radical (unpaired) electrons. The van der Waals surface area contributed by atoms with Crippen molar-refractivity contribution in [3.05, 3.63) is 35.4 Å². The minimum Gasteiger partial charge on any atom is -0.481 e. The number of carboxylic acid groups (broad SMARTS) is 1. The van der Waals surface area contributed by atoms with E-state index in [4.69, 9.17) is 9.84 Å². The molecule has 2 N–H and O–H groups in total. The molecule has 1 aromatic rings. The van der Waals surface area contributed by atoms with E-state index >= 15 is 0 Å². The van der Waals surface area contributed by atoms with E-state index in [1.165, 1.54) is 0 Å². The molecule has 2 atom stereocenters. The highest BCUT2D eigenvalue weighted by Crippen LogP contribution is 2.22. The van der Waals surface area contributed by atoms with E-state index < -0.39 is 11.9 Å². The number of carboxylic acids is 1. The molecule has 0 saturated carbocycles. The van der Waals surface area contributed by atoms with E-state index in [1.807, 2.05) is 24.3 Å². The molecule has 0 bridgehead atoms. The van der Waals surface area contributed by atoms with Gasteiger partial charge in [-0.15, -0.1) is 0 Å². The van der Waals surface area contributed by atoms with Crippen LogP contribution >= 0.6 is 0 Å². The second kappa shape index (κ2) is 7.54. The zero-order valence-electron chi connectivity index (χ0n) is 12.4. The van der Waals surface area contributed by atoms with E-state index in [9.17, 15) is 9.90 Å². The molecule has 0 aliphatic carbocycles. The van der Waals surface area contributed by atoms with Gasteiger partial charge in [0.1, 0.15) is 0 Å². The second-order valence-electron chi connectivity index (χ2n) is 5.49. The number of aliphatic hydroxyl groups excluding tert-OH is 1. The number of carbonyl (C=O) groups is 1. The zero-order valence-corrected chi connectivity index (χ0v) is 12.4. The van der Waals surface area contributed by atoms with Crippen LogP contribution in [0.25, 0.3) is 0 Å². The van der Waals surface area contributed by atoms with Crippen LogP contribution in [0.1, 0.15) is 24.5 Å². The van der Waals surface area contributed by atoms with Crippen molar-refractivity contribution in [3.8, 4) is 0 Å². The summed E-state index contributed by atoms with van der Waals surface area (Å²) >= 11 is 0. The zero-order chi connectivity index (χ0) is 15.2. The van der Waals surface area contributed by atoms with Crippen molar-refractivity contribution in [2.75, 3.05) is 19.8 Å². The van der Waals surface area contributed by atoms with Crippen LogP contribution in [0.3, 0.4) is 0 Å². The van der Waals surface area contributed by atoms with Gasteiger partial charge in [0.2, 0.25) is 0 Å². The molecule has 116 valence electrons. The van der Waals surface area contributed by atoms with Crippen LogP contribution in [-0.2, 0) is 22.7 Å². The average molecular weight is 293 g/mol. The Morgan fingerprint density at radius 2 is 1.95 bits per heavy atom. The van der Waals surface area contributed by atoms with Gasteiger partial charge in [-0.3, -0.25) is 9.69 Å². The average Bonchev–Trinajstić information content (AvgIpc) is 2.97. The first-order valence-electron chi connectivity index (χ1n) is 7.39. The molecule has 21 heavy (non-hydrogen) atoms. The van der Waals surface area contributed by atoms with Crippen LogP contribution in [0.4, 0.5) is 0 Å². The monoisotopic (exact) mass is 293 g/mol. The minimum absolute atomic E-state index is 0.0382. The van der Waals surface area contributed by atoms with Gasteiger partial charge in [0, 0.05) is 12.6 Å². The Hall–Kier alpha value is -1.43. The Labute approximate surface area is 125 Å². The van der Waals surface area contributed by atoms with Gasteiger partial charge in [-0.1, -0.05) is 31.2 Å². The summed E-state index contributed by atoms with van der Waals surface area (Å²) in [4.78, 5) is 13.5. The first kappa shape index (κ1) is 15.9. The van der Waals surface area contributed by atoms with Crippen molar-refractivity contribution in [2.45, 2.75) is 32.5 Å². The fourth-order valence-electron chi connectivity index (χ4n) is 2.77. The fraction of sp³-hybridized carbons (Fsp3) is 0.562. The summed E-state index contributed by atoms with van der Waals surface area (Å²) in [6, 6.07) is 7.71. The van der Waals surface area contributed by atoms with Crippen LogP contribution in [0.15, 0.2) is 24.3 Å². The maximum Gasteiger partial charge on any atom is 0.310 e. The van der Waals surface area contributed by atoms with Crippen LogP contribution < -0.4 is 0 Å². The van der Waals surface area contributed by atoms with Crippen molar-refractivity contribution >= 4 is 5.97 Å². The lowest BCUT2D eigenvalue weighted by Crippen LogP contribution is -2.43. The van der Waals surface area contributed by atoms with E-state index in [2.05, 4.69) is 11.8 Å². The van der Waals surface area contributed by atoms with Gasteiger partial charge >= 0.3 is 5.97 Å². The molecule has 1 aliphatic heterocycles. The van der Waals surface area contributed by atoms with Gasteiger partial charge in [-0.2, -0.15) is 0 Å². The van der Waals surface area contributed by atoms with Crippen LogP contribution in [0, 0.1) is 5.92 Å². The highest BCUT2D eigenvalue weighted by molar-refractivity contribution is 5.71. The molecule has 0 spiro atoms.